The highest BCUT2D eigenvalue weighted by molar-refractivity contribution is 6.30. The monoisotopic (exact) mass is 297 g/mol. The molecule has 0 saturated heterocycles. The van der Waals surface area contributed by atoms with E-state index in [9.17, 15) is 13.6 Å². The van der Waals surface area contributed by atoms with Crippen molar-refractivity contribution >= 4 is 23.3 Å². The normalized spacial score (nSPS) is 10.3. The van der Waals surface area contributed by atoms with Crippen LogP contribution in [0.25, 0.3) is 0 Å². The van der Waals surface area contributed by atoms with E-state index < -0.39 is 17.6 Å². The molecule has 0 aliphatic carbocycles. The Bertz CT molecular complexity index is 662. The number of nitrogens with two attached hydrogens (primary N) is 1. The van der Waals surface area contributed by atoms with Crippen LogP contribution in [0.15, 0.2) is 36.4 Å². The van der Waals surface area contributed by atoms with E-state index in [1.807, 2.05) is 0 Å². The molecule has 0 atom stereocenters. The maximum atomic E-state index is 13.5. The van der Waals surface area contributed by atoms with Crippen molar-refractivity contribution in [2.24, 2.45) is 0 Å². The molecule has 0 aliphatic rings. The molecule has 2 N–H and O–H groups in total. The molecule has 20 heavy (non-hydrogen) atoms. The molecule has 0 heterocycles. The zero-order valence-corrected chi connectivity index (χ0v) is 11.0. The fourth-order valence-electron chi connectivity index (χ4n) is 1.52. The number of benzene rings is 2. The van der Waals surface area contributed by atoms with E-state index in [-0.39, 0.29) is 28.4 Å². The molecule has 0 radical (unpaired) electrons. The molecule has 0 bridgehead atoms. The minimum absolute atomic E-state index is 0.00562. The van der Waals surface area contributed by atoms with Crippen molar-refractivity contribution in [3.63, 3.8) is 0 Å². The molecule has 2 aromatic rings. The number of nitrogen functional groups attached to an aromatic ring is 1. The maximum absolute atomic E-state index is 13.5. The first kappa shape index (κ1) is 14.3. The van der Waals surface area contributed by atoms with E-state index in [0.717, 1.165) is 12.1 Å². The van der Waals surface area contributed by atoms with Gasteiger partial charge in [-0.25, -0.2) is 13.6 Å². The Morgan fingerprint density at radius 3 is 2.55 bits per heavy atom. The third kappa shape index (κ3) is 3.24. The van der Waals surface area contributed by atoms with Gasteiger partial charge in [0.2, 0.25) is 0 Å². The first-order valence-corrected chi connectivity index (χ1v) is 6.01. The van der Waals surface area contributed by atoms with Crippen LogP contribution in [-0.2, 0) is 11.3 Å². The summed E-state index contributed by atoms with van der Waals surface area (Å²) in [5.41, 5.74) is 5.42. The first-order valence-electron chi connectivity index (χ1n) is 5.63. The van der Waals surface area contributed by atoms with Gasteiger partial charge in [0.1, 0.15) is 18.2 Å². The van der Waals surface area contributed by atoms with Crippen molar-refractivity contribution in [3.05, 3.63) is 64.2 Å². The fourth-order valence-corrected chi connectivity index (χ4v) is 1.68. The summed E-state index contributed by atoms with van der Waals surface area (Å²) in [7, 11) is 0. The Balaban J connectivity index is 2.06. The summed E-state index contributed by atoms with van der Waals surface area (Å²) in [6, 6.07) is 7.57. The number of carbonyl (C=O) groups excluding carboxylic acids is 1. The van der Waals surface area contributed by atoms with Gasteiger partial charge in [-0.2, -0.15) is 0 Å². The van der Waals surface area contributed by atoms with Gasteiger partial charge in [0.05, 0.1) is 11.3 Å². The standard InChI is InChI=1S/C14H10ClF2NO2/c15-10-3-1-9(11(16)6-10)7-20-14(19)8-2-4-13(18)12(17)5-8/h1-6H,7,18H2. The summed E-state index contributed by atoms with van der Waals surface area (Å²) in [6.45, 7) is -0.270. The second-order valence-corrected chi connectivity index (χ2v) is 4.48. The Morgan fingerprint density at radius 1 is 1.15 bits per heavy atom. The number of ether oxygens (including phenoxy) is 1. The van der Waals surface area contributed by atoms with Gasteiger partial charge in [-0.1, -0.05) is 17.7 Å². The lowest BCUT2D eigenvalue weighted by atomic mass is 10.2. The van der Waals surface area contributed by atoms with Gasteiger partial charge in [-0.15, -0.1) is 0 Å². The molecule has 0 fully saturated rings. The predicted molar refractivity (Wildman–Crippen MR) is 71.3 cm³/mol. The summed E-state index contributed by atoms with van der Waals surface area (Å²) in [4.78, 5) is 11.7. The second kappa shape index (κ2) is 5.88. The van der Waals surface area contributed by atoms with Gasteiger partial charge in [0.25, 0.3) is 0 Å². The average molecular weight is 298 g/mol. The quantitative estimate of drug-likeness (QED) is 0.696. The van der Waals surface area contributed by atoms with Crippen molar-refractivity contribution < 1.29 is 18.3 Å². The Morgan fingerprint density at radius 2 is 1.90 bits per heavy atom. The smallest absolute Gasteiger partial charge is 0.338 e. The Hall–Kier alpha value is -2.14. The van der Waals surface area contributed by atoms with Crippen molar-refractivity contribution in [3.8, 4) is 0 Å². The Kier molecular flexibility index (Phi) is 4.20. The molecular formula is C14H10ClF2NO2. The molecule has 6 heteroatoms. The lowest BCUT2D eigenvalue weighted by Gasteiger charge is -2.07. The van der Waals surface area contributed by atoms with Gasteiger partial charge in [0, 0.05) is 10.6 Å². The molecule has 0 amide bonds. The van der Waals surface area contributed by atoms with E-state index in [1.54, 1.807) is 0 Å². The summed E-state index contributed by atoms with van der Waals surface area (Å²) in [5.74, 6) is -2.05. The van der Waals surface area contributed by atoms with Crippen LogP contribution in [0.4, 0.5) is 14.5 Å². The predicted octanol–water partition coefficient (Wildman–Crippen LogP) is 3.56. The minimum atomic E-state index is -0.766. The highest BCUT2D eigenvalue weighted by atomic mass is 35.5. The SMILES string of the molecule is Nc1ccc(C(=O)OCc2ccc(Cl)cc2F)cc1F. The number of halogens is 3. The lowest BCUT2D eigenvalue weighted by molar-refractivity contribution is 0.0468. The van der Waals surface area contributed by atoms with Crippen molar-refractivity contribution in [2.75, 3.05) is 5.73 Å². The summed E-state index contributed by atoms with van der Waals surface area (Å²) >= 11 is 5.61. The highest BCUT2D eigenvalue weighted by Crippen LogP contribution is 2.17. The number of carbonyl (C=O) groups is 1. The molecule has 0 aromatic heterocycles. The number of hydrogen-bond acceptors (Lipinski definition) is 3. The van der Waals surface area contributed by atoms with Crippen molar-refractivity contribution in [1.29, 1.82) is 0 Å². The van der Waals surface area contributed by atoms with Gasteiger partial charge in [-0.3, -0.25) is 0 Å². The molecular weight excluding hydrogens is 288 g/mol. The van der Waals surface area contributed by atoms with Crippen LogP contribution in [0.5, 0.6) is 0 Å². The number of hydrogen-bond donors (Lipinski definition) is 1. The summed E-state index contributed by atoms with van der Waals surface area (Å²) in [6.07, 6.45) is 0. The number of esters is 1. The number of rotatable bonds is 3. The van der Waals surface area contributed by atoms with E-state index in [2.05, 4.69) is 0 Å². The van der Waals surface area contributed by atoms with E-state index >= 15 is 0 Å². The van der Waals surface area contributed by atoms with Crippen LogP contribution in [0, 0.1) is 11.6 Å². The zero-order valence-electron chi connectivity index (χ0n) is 10.2. The molecule has 0 aliphatic heterocycles. The molecule has 104 valence electrons. The largest absolute Gasteiger partial charge is 0.457 e. The van der Waals surface area contributed by atoms with Crippen LogP contribution < -0.4 is 5.73 Å². The molecule has 0 saturated carbocycles. The van der Waals surface area contributed by atoms with E-state index in [0.29, 0.717) is 0 Å². The second-order valence-electron chi connectivity index (χ2n) is 4.05. The third-order valence-electron chi connectivity index (χ3n) is 2.61. The molecule has 0 spiro atoms. The van der Waals surface area contributed by atoms with Crippen LogP contribution >= 0.6 is 11.6 Å². The zero-order chi connectivity index (χ0) is 14.7. The van der Waals surface area contributed by atoms with Crippen LogP contribution in [0.3, 0.4) is 0 Å². The number of anilines is 1. The van der Waals surface area contributed by atoms with Gasteiger partial charge >= 0.3 is 5.97 Å². The van der Waals surface area contributed by atoms with Gasteiger partial charge < -0.3 is 10.5 Å². The lowest BCUT2D eigenvalue weighted by Crippen LogP contribution is -2.07. The van der Waals surface area contributed by atoms with Crippen LogP contribution in [0.2, 0.25) is 5.02 Å². The van der Waals surface area contributed by atoms with Crippen molar-refractivity contribution in [2.45, 2.75) is 6.61 Å². The molecule has 3 nitrogen and oxygen atoms in total. The van der Waals surface area contributed by atoms with E-state index in [4.69, 9.17) is 22.1 Å². The molecule has 2 rings (SSSR count). The summed E-state index contributed by atoms with van der Waals surface area (Å²) in [5, 5.41) is 0.248. The minimum Gasteiger partial charge on any atom is -0.457 e. The fraction of sp³-hybridized carbons (Fsp3) is 0.0714. The van der Waals surface area contributed by atoms with Crippen LogP contribution in [-0.4, -0.2) is 5.97 Å². The first-order chi connectivity index (χ1) is 9.47. The maximum Gasteiger partial charge on any atom is 0.338 e. The molecule has 2 aromatic carbocycles. The topological polar surface area (TPSA) is 52.3 Å². The van der Waals surface area contributed by atoms with Gasteiger partial charge in [0.15, 0.2) is 0 Å². The van der Waals surface area contributed by atoms with Crippen molar-refractivity contribution in [1.82, 2.24) is 0 Å². The summed E-state index contributed by atoms with van der Waals surface area (Å²) < 4.78 is 31.6. The average Bonchev–Trinajstić information content (AvgIpc) is 2.40. The van der Waals surface area contributed by atoms with Crippen LogP contribution in [0.1, 0.15) is 15.9 Å². The Labute approximate surface area is 118 Å². The van der Waals surface area contributed by atoms with E-state index in [1.165, 1.54) is 24.3 Å². The third-order valence-corrected chi connectivity index (χ3v) is 2.85. The van der Waals surface area contributed by atoms with Gasteiger partial charge in [-0.05, 0) is 30.3 Å². The molecule has 0 unspecified atom stereocenters. The highest BCUT2D eigenvalue weighted by Gasteiger charge is 2.11.